The predicted octanol–water partition coefficient (Wildman–Crippen LogP) is 4.50. The lowest BCUT2D eigenvalue weighted by Crippen LogP contribution is -2.33. The molecule has 0 aliphatic carbocycles. The number of nitrogens with one attached hydrogen (secondary N) is 1. The third-order valence-electron chi connectivity index (χ3n) is 4.61. The molecule has 3 rings (SSSR count). The monoisotopic (exact) mass is 541 g/mol. The Bertz CT molecular complexity index is 1240. The number of halogens is 1. The summed E-state index contributed by atoms with van der Waals surface area (Å²) in [6.07, 6.45) is 0.404. The number of carbonyl (C=O) groups is 2. The highest BCUT2D eigenvalue weighted by Gasteiger charge is 2.16. The molecule has 3 aromatic carbocycles. The first-order valence-corrected chi connectivity index (χ1v) is 11.0. The molecule has 0 aromatic heterocycles. The van der Waals surface area contributed by atoms with E-state index in [0.717, 1.165) is 0 Å². The maximum absolute atomic E-state index is 12.5. The minimum Gasteiger partial charge on any atom is -0.497 e. The van der Waals surface area contributed by atoms with Crippen LogP contribution in [0, 0.1) is 10.1 Å². The zero-order valence-corrected chi connectivity index (χ0v) is 20.2. The quantitative estimate of drug-likeness (QED) is 0.139. The second-order valence-electron chi connectivity index (χ2n) is 7.05. The maximum atomic E-state index is 12.5. The van der Waals surface area contributed by atoms with E-state index in [1.54, 1.807) is 42.5 Å². The summed E-state index contributed by atoms with van der Waals surface area (Å²) < 4.78 is 16.8. The first kappa shape index (κ1) is 25.4. The highest BCUT2D eigenvalue weighted by atomic mass is 79.9. The first-order chi connectivity index (χ1) is 16.8. The largest absolute Gasteiger partial charge is 0.497 e. The molecule has 10 nitrogen and oxygen atoms in total. The summed E-state index contributed by atoms with van der Waals surface area (Å²) in [7, 11) is 1.53. The van der Waals surface area contributed by atoms with Gasteiger partial charge in [-0.15, -0.1) is 0 Å². The number of esters is 1. The molecule has 3 aromatic rings. The number of ether oxygens (including phenoxy) is 3. The molecule has 1 N–H and O–H groups in total. The summed E-state index contributed by atoms with van der Waals surface area (Å²) in [6.45, 7) is 1.51. The molecule has 35 heavy (non-hydrogen) atoms. The molecule has 0 saturated heterocycles. The van der Waals surface area contributed by atoms with Crippen molar-refractivity contribution in [2.24, 2.45) is 5.10 Å². The summed E-state index contributed by atoms with van der Waals surface area (Å²) in [5.41, 5.74) is 3.04. The Kier molecular flexibility index (Phi) is 8.52. The van der Waals surface area contributed by atoms with Gasteiger partial charge in [-0.25, -0.2) is 10.2 Å². The smallest absolute Gasteiger partial charge is 0.343 e. The van der Waals surface area contributed by atoms with Crippen molar-refractivity contribution in [1.82, 2.24) is 5.43 Å². The van der Waals surface area contributed by atoms with Crippen LogP contribution >= 0.6 is 15.9 Å². The standard InChI is InChI=1S/C24H20BrN3O7/c1-15(34-21-10-6-19(7-11-21)28(31)32)23(29)27-26-14-17-13-18(25)5-12-22(17)35-24(30)16-3-8-20(33-2)9-4-16/h3-15H,1-2H3,(H,27,29)/b26-14-/t15-/m0/s1. The second kappa shape index (κ2) is 11.7. The molecule has 0 heterocycles. The average Bonchev–Trinajstić information content (AvgIpc) is 2.85. The number of rotatable bonds is 9. The van der Waals surface area contributed by atoms with Crippen LogP contribution in [0.4, 0.5) is 5.69 Å². The lowest BCUT2D eigenvalue weighted by molar-refractivity contribution is -0.384. The van der Waals surface area contributed by atoms with Gasteiger partial charge in [-0.3, -0.25) is 14.9 Å². The number of hydrazone groups is 1. The van der Waals surface area contributed by atoms with Crippen molar-refractivity contribution in [3.8, 4) is 17.2 Å². The van der Waals surface area contributed by atoms with Crippen LogP contribution in [-0.4, -0.2) is 36.2 Å². The Morgan fingerprint density at radius 2 is 1.71 bits per heavy atom. The molecule has 11 heteroatoms. The van der Waals surface area contributed by atoms with E-state index in [2.05, 4.69) is 26.5 Å². The molecule has 1 amide bonds. The summed E-state index contributed by atoms with van der Waals surface area (Å²) >= 11 is 3.35. The van der Waals surface area contributed by atoms with E-state index < -0.39 is 22.9 Å². The number of non-ortho nitro benzene ring substituents is 1. The number of hydrogen-bond acceptors (Lipinski definition) is 8. The molecule has 0 aliphatic heterocycles. The lowest BCUT2D eigenvalue weighted by atomic mass is 10.2. The van der Waals surface area contributed by atoms with Gasteiger partial charge in [0, 0.05) is 22.2 Å². The van der Waals surface area contributed by atoms with Crippen molar-refractivity contribution >= 4 is 39.7 Å². The van der Waals surface area contributed by atoms with Gasteiger partial charge in [-0.2, -0.15) is 5.10 Å². The Morgan fingerprint density at radius 3 is 2.34 bits per heavy atom. The molecule has 0 unspecified atom stereocenters. The fourth-order valence-corrected chi connectivity index (χ4v) is 3.14. The van der Waals surface area contributed by atoms with Gasteiger partial charge in [0.1, 0.15) is 17.2 Å². The topological polar surface area (TPSA) is 129 Å². The van der Waals surface area contributed by atoms with Gasteiger partial charge in [-0.05, 0) is 61.5 Å². The number of nitro benzene ring substituents is 1. The third-order valence-corrected chi connectivity index (χ3v) is 5.10. The van der Waals surface area contributed by atoms with Gasteiger partial charge in [0.15, 0.2) is 6.10 Å². The zero-order valence-electron chi connectivity index (χ0n) is 18.6. The molecule has 0 radical (unpaired) electrons. The average molecular weight is 542 g/mol. The van der Waals surface area contributed by atoms with E-state index in [0.29, 0.717) is 27.1 Å². The molecule has 0 aliphatic rings. The summed E-state index contributed by atoms with van der Waals surface area (Å²) in [5, 5.41) is 14.7. The fourth-order valence-electron chi connectivity index (χ4n) is 2.76. The van der Waals surface area contributed by atoms with Crippen molar-refractivity contribution in [2.75, 3.05) is 7.11 Å². The Labute approximate surface area is 208 Å². The van der Waals surface area contributed by atoms with E-state index >= 15 is 0 Å². The summed E-state index contributed by atoms with van der Waals surface area (Å²) in [5.74, 6) is 0.0230. The molecular formula is C24H20BrN3O7. The number of benzene rings is 3. The van der Waals surface area contributed by atoms with Crippen LogP contribution in [0.15, 0.2) is 76.3 Å². The molecule has 180 valence electrons. The van der Waals surface area contributed by atoms with Gasteiger partial charge in [0.05, 0.1) is 23.8 Å². The SMILES string of the molecule is COc1ccc(C(=O)Oc2ccc(Br)cc2/C=N\NC(=O)[C@H](C)Oc2ccc([N+](=O)[O-])cc2)cc1. The van der Waals surface area contributed by atoms with Crippen molar-refractivity contribution in [1.29, 1.82) is 0 Å². The van der Waals surface area contributed by atoms with Gasteiger partial charge in [-0.1, -0.05) is 15.9 Å². The maximum Gasteiger partial charge on any atom is 0.343 e. The molecular weight excluding hydrogens is 522 g/mol. The molecule has 0 bridgehead atoms. The normalized spacial score (nSPS) is 11.5. The minimum atomic E-state index is -0.927. The molecule has 0 spiro atoms. The van der Waals surface area contributed by atoms with Crippen molar-refractivity contribution < 1.29 is 28.7 Å². The van der Waals surface area contributed by atoms with E-state index in [1.807, 2.05) is 0 Å². The number of nitrogens with zero attached hydrogens (tertiary/aromatic N) is 2. The number of nitro groups is 1. The van der Waals surface area contributed by atoms with E-state index in [1.165, 1.54) is 44.5 Å². The van der Waals surface area contributed by atoms with Crippen LogP contribution in [0.2, 0.25) is 0 Å². The van der Waals surface area contributed by atoms with Crippen molar-refractivity contribution in [2.45, 2.75) is 13.0 Å². The Hall–Kier alpha value is -4.25. The van der Waals surface area contributed by atoms with Crippen molar-refractivity contribution in [3.63, 3.8) is 0 Å². The highest BCUT2D eigenvalue weighted by molar-refractivity contribution is 9.10. The molecule has 1 atom stereocenters. The van der Waals surface area contributed by atoms with Gasteiger partial charge in [0.2, 0.25) is 0 Å². The number of carbonyl (C=O) groups excluding carboxylic acids is 2. The van der Waals surface area contributed by atoms with Crippen LogP contribution < -0.4 is 19.6 Å². The van der Waals surface area contributed by atoms with Crippen LogP contribution in [0.5, 0.6) is 17.2 Å². The zero-order chi connectivity index (χ0) is 25.4. The number of methoxy groups -OCH3 is 1. The van der Waals surface area contributed by atoms with Crippen molar-refractivity contribution in [3.05, 3.63) is 92.4 Å². The minimum absolute atomic E-state index is 0.0865. The highest BCUT2D eigenvalue weighted by Crippen LogP contribution is 2.23. The molecule has 0 saturated carbocycles. The fraction of sp³-hybridized carbons (Fsp3) is 0.125. The summed E-state index contributed by atoms with van der Waals surface area (Å²) in [6, 6.07) is 16.8. The number of hydrogen-bond donors (Lipinski definition) is 1. The van der Waals surface area contributed by atoms with E-state index in [-0.39, 0.29) is 11.4 Å². The second-order valence-corrected chi connectivity index (χ2v) is 7.96. The molecule has 0 fully saturated rings. The van der Waals surface area contributed by atoms with E-state index in [4.69, 9.17) is 14.2 Å². The Morgan fingerprint density at radius 1 is 1.06 bits per heavy atom. The predicted molar refractivity (Wildman–Crippen MR) is 131 cm³/mol. The first-order valence-electron chi connectivity index (χ1n) is 10.2. The summed E-state index contributed by atoms with van der Waals surface area (Å²) in [4.78, 5) is 35.0. The van der Waals surface area contributed by atoms with Crippen LogP contribution in [0.1, 0.15) is 22.8 Å². The van der Waals surface area contributed by atoms with E-state index in [9.17, 15) is 19.7 Å². The van der Waals surface area contributed by atoms with Gasteiger partial charge in [0.25, 0.3) is 11.6 Å². The van der Waals surface area contributed by atoms with Crippen LogP contribution in [-0.2, 0) is 4.79 Å². The number of amides is 1. The van der Waals surface area contributed by atoms with Crippen LogP contribution in [0.3, 0.4) is 0 Å². The third kappa shape index (κ3) is 7.11. The van der Waals surface area contributed by atoms with Gasteiger partial charge >= 0.3 is 5.97 Å². The Balaban J connectivity index is 1.63. The van der Waals surface area contributed by atoms with Gasteiger partial charge < -0.3 is 14.2 Å². The lowest BCUT2D eigenvalue weighted by Gasteiger charge is -2.12. The van der Waals surface area contributed by atoms with Crippen LogP contribution in [0.25, 0.3) is 0 Å².